The van der Waals surface area contributed by atoms with Gasteiger partial charge in [0.1, 0.15) is 23.2 Å². The number of benzene rings is 2. The van der Waals surface area contributed by atoms with Crippen LogP contribution in [-0.4, -0.2) is 22.9 Å². The molecule has 27 heavy (non-hydrogen) atoms. The second-order valence-corrected chi connectivity index (χ2v) is 6.05. The third-order valence-corrected chi connectivity index (χ3v) is 4.47. The van der Waals surface area contributed by atoms with Gasteiger partial charge in [0, 0.05) is 51.4 Å². The first kappa shape index (κ1) is 16.6. The zero-order valence-corrected chi connectivity index (χ0v) is 14.3. The monoisotopic (exact) mass is 359 g/mol. The molecule has 132 valence electrons. The highest BCUT2D eigenvalue weighted by Crippen LogP contribution is 2.27. The number of hydrogen-bond acceptors (Lipinski definition) is 3. The van der Waals surface area contributed by atoms with Crippen molar-refractivity contribution in [2.75, 3.05) is 7.11 Å². The number of H-pyrrole nitrogens is 2. The Morgan fingerprint density at radius 1 is 1.11 bits per heavy atom. The summed E-state index contributed by atoms with van der Waals surface area (Å²) >= 11 is 0. The largest absolute Gasteiger partial charge is 0.497 e. The second kappa shape index (κ2) is 6.46. The molecule has 4 rings (SSSR count). The summed E-state index contributed by atoms with van der Waals surface area (Å²) in [7, 11) is 1.57. The highest BCUT2D eigenvalue weighted by atomic mass is 19.1. The maximum atomic E-state index is 13.3. The minimum Gasteiger partial charge on any atom is -0.497 e. The molecule has 0 aliphatic rings. The molecule has 0 amide bonds. The molecule has 0 fully saturated rings. The topological polar surface area (TPSA) is 81.7 Å². The molecule has 0 saturated carbocycles. The summed E-state index contributed by atoms with van der Waals surface area (Å²) in [5, 5.41) is 11.0. The lowest BCUT2D eigenvalue weighted by Crippen LogP contribution is -2.01. The molecular formula is C21H14FN3O2. The first-order chi connectivity index (χ1) is 13.1. The van der Waals surface area contributed by atoms with E-state index in [9.17, 15) is 14.4 Å². The number of allylic oxidation sites excluding steroid dienone is 1. The standard InChI is InChI=1S/C21H14FN3O2/c1-27-15-3-5-17-18(11-25-20(17)8-15)21(26)12(9-23)6-13-10-24-19-7-14(22)2-4-16(13)19/h2-8,10-11,24-25H,1H3/b12-6+. The highest BCUT2D eigenvalue weighted by Gasteiger charge is 2.17. The van der Waals surface area contributed by atoms with Crippen molar-refractivity contribution in [3.8, 4) is 11.8 Å². The molecule has 5 nitrogen and oxygen atoms in total. The minimum absolute atomic E-state index is 0.00283. The SMILES string of the molecule is COc1ccc2c(C(=O)/C(C#N)=C/c3c[nH]c4cc(F)ccc34)c[nH]c2c1. The number of nitrogens with one attached hydrogen (secondary N) is 2. The molecule has 0 atom stereocenters. The van der Waals surface area contributed by atoms with Gasteiger partial charge >= 0.3 is 0 Å². The molecule has 0 bridgehead atoms. The van der Waals surface area contributed by atoms with Crippen LogP contribution in [0.2, 0.25) is 0 Å². The fourth-order valence-corrected chi connectivity index (χ4v) is 3.11. The molecule has 0 unspecified atom stereocenters. The first-order valence-corrected chi connectivity index (χ1v) is 8.19. The Morgan fingerprint density at radius 3 is 2.63 bits per heavy atom. The number of halogens is 1. The van der Waals surface area contributed by atoms with Crippen LogP contribution in [0.4, 0.5) is 4.39 Å². The van der Waals surface area contributed by atoms with Crippen LogP contribution in [0.25, 0.3) is 27.9 Å². The van der Waals surface area contributed by atoms with E-state index in [1.54, 1.807) is 43.8 Å². The number of rotatable bonds is 4. The second-order valence-electron chi connectivity index (χ2n) is 6.05. The van der Waals surface area contributed by atoms with E-state index in [0.29, 0.717) is 27.8 Å². The molecule has 0 aliphatic carbocycles. The summed E-state index contributed by atoms with van der Waals surface area (Å²) in [6.07, 6.45) is 4.75. The van der Waals surface area contributed by atoms with Gasteiger partial charge in [0.15, 0.2) is 0 Å². The fraction of sp³-hybridized carbons (Fsp3) is 0.0476. The molecule has 0 saturated heterocycles. The smallest absolute Gasteiger partial charge is 0.205 e. The van der Waals surface area contributed by atoms with Crippen LogP contribution in [0.5, 0.6) is 5.75 Å². The number of methoxy groups -OCH3 is 1. The van der Waals surface area contributed by atoms with E-state index >= 15 is 0 Å². The van der Waals surface area contributed by atoms with Gasteiger partial charge in [-0.05, 0) is 36.4 Å². The zero-order chi connectivity index (χ0) is 19.0. The Labute approximate surface area is 153 Å². The third-order valence-electron chi connectivity index (χ3n) is 4.47. The molecule has 0 radical (unpaired) electrons. The lowest BCUT2D eigenvalue weighted by atomic mass is 10.0. The number of aromatic nitrogens is 2. The van der Waals surface area contributed by atoms with E-state index in [4.69, 9.17) is 4.74 Å². The van der Waals surface area contributed by atoms with Crippen molar-refractivity contribution in [2.45, 2.75) is 0 Å². The highest BCUT2D eigenvalue weighted by molar-refractivity contribution is 6.20. The first-order valence-electron chi connectivity index (χ1n) is 8.19. The van der Waals surface area contributed by atoms with E-state index in [1.165, 1.54) is 18.2 Å². The van der Waals surface area contributed by atoms with Crippen LogP contribution in [0.1, 0.15) is 15.9 Å². The van der Waals surface area contributed by atoms with Gasteiger partial charge in [-0.25, -0.2) is 4.39 Å². The van der Waals surface area contributed by atoms with Crippen molar-refractivity contribution >= 4 is 33.7 Å². The molecule has 0 spiro atoms. The van der Waals surface area contributed by atoms with Crippen LogP contribution in [-0.2, 0) is 0 Å². The predicted molar refractivity (Wildman–Crippen MR) is 101 cm³/mol. The lowest BCUT2D eigenvalue weighted by molar-refractivity contribution is 0.104. The Morgan fingerprint density at radius 2 is 1.85 bits per heavy atom. The Bertz CT molecular complexity index is 1260. The van der Waals surface area contributed by atoms with E-state index in [-0.39, 0.29) is 17.2 Å². The Hall–Kier alpha value is -3.85. The van der Waals surface area contributed by atoms with E-state index in [0.717, 1.165) is 10.9 Å². The molecule has 4 aromatic rings. The average Bonchev–Trinajstić information content (AvgIpc) is 3.28. The van der Waals surface area contributed by atoms with Crippen LogP contribution in [0, 0.1) is 17.1 Å². The van der Waals surface area contributed by atoms with Crippen molar-refractivity contribution in [3.05, 3.63) is 71.3 Å². The Balaban J connectivity index is 1.77. The van der Waals surface area contributed by atoms with Gasteiger partial charge in [-0.3, -0.25) is 4.79 Å². The number of ether oxygens (including phenoxy) is 1. The summed E-state index contributed by atoms with van der Waals surface area (Å²) in [4.78, 5) is 18.9. The average molecular weight is 359 g/mol. The molecule has 2 N–H and O–H groups in total. The van der Waals surface area contributed by atoms with Crippen molar-refractivity contribution in [3.63, 3.8) is 0 Å². The van der Waals surface area contributed by atoms with Crippen LogP contribution >= 0.6 is 0 Å². The van der Waals surface area contributed by atoms with Gasteiger partial charge in [-0.2, -0.15) is 5.26 Å². The number of aromatic amines is 2. The molecule has 2 aromatic carbocycles. The van der Waals surface area contributed by atoms with Gasteiger partial charge in [0.25, 0.3) is 0 Å². The molecule has 2 heterocycles. The van der Waals surface area contributed by atoms with E-state index in [2.05, 4.69) is 9.97 Å². The number of nitriles is 1. The number of ketones is 1. The quantitative estimate of drug-likeness (QED) is 0.318. The molecular weight excluding hydrogens is 345 g/mol. The number of nitrogens with zero attached hydrogens (tertiary/aromatic N) is 1. The van der Waals surface area contributed by atoms with Crippen molar-refractivity contribution < 1.29 is 13.9 Å². The predicted octanol–water partition coefficient (Wildman–Crippen LogP) is 4.59. The summed E-state index contributed by atoms with van der Waals surface area (Å²) < 4.78 is 18.5. The van der Waals surface area contributed by atoms with Gasteiger partial charge < -0.3 is 14.7 Å². The summed E-state index contributed by atoms with van der Waals surface area (Å²) in [5.41, 5.74) is 2.41. The molecule has 0 aliphatic heterocycles. The summed E-state index contributed by atoms with van der Waals surface area (Å²) in [5.74, 6) is -0.0681. The maximum Gasteiger partial charge on any atom is 0.205 e. The maximum absolute atomic E-state index is 13.3. The number of Topliss-reactive ketones (excluding diaryl/α,β-unsaturated/α-hetero) is 1. The zero-order valence-electron chi connectivity index (χ0n) is 14.3. The summed E-state index contributed by atoms with van der Waals surface area (Å²) in [6.45, 7) is 0. The third kappa shape index (κ3) is 2.85. The van der Waals surface area contributed by atoms with Gasteiger partial charge in [-0.15, -0.1) is 0 Å². The van der Waals surface area contributed by atoms with Crippen LogP contribution in [0.15, 0.2) is 54.4 Å². The van der Waals surface area contributed by atoms with Gasteiger partial charge in [0.2, 0.25) is 5.78 Å². The van der Waals surface area contributed by atoms with Gasteiger partial charge in [0.05, 0.1) is 7.11 Å². The van der Waals surface area contributed by atoms with Crippen molar-refractivity contribution in [1.82, 2.24) is 9.97 Å². The normalized spacial score (nSPS) is 11.7. The van der Waals surface area contributed by atoms with E-state index in [1.807, 2.05) is 6.07 Å². The van der Waals surface area contributed by atoms with Crippen molar-refractivity contribution in [2.24, 2.45) is 0 Å². The van der Waals surface area contributed by atoms with Crippen LogP contribution < -0.4 is 4.74 Å². The molecule has 2 aromatic heterocycles. The number of fused-ring (bicyclic) bond motifs is 2. The number of hydrogen-bond donors (Lipinski definition) is 2. The number of carbonyl (C=O) groups excluding carboxylic acids is 1. The van der Waals surface area contributed by atoms with Gasteiger partial charge in [-0.1, -0.05) is 0 Å². The number of carbonyl (C=O) groups is 1. The Kier molecular flexibility index (Phi) is 3.98. The summed E-state index contributed by atoms with van der Waals surface area (Å²) in [6, 6.07) is 11.6. The fourth-order valence-electron chi connectivity index (χ4n) is 3.11. The van der Waals surface area contributed by atoms with E-state index < -0.39 is 0 Å². The van der Waals surface area contributed by atoms with Crippen molar-refractivity contribution in [1.29, 1.82) is 5.26 Å². The molecule has 6 heteroatoms. The lowest BCUT2D eigenvalue weighted by Gasteiger charge is -2.01. The van der Waals surface area contributed by atoms with Crippen LogP contribution in [0.3, 0.4) is 0 Å². The minimum atomic E-state index is -0.384.